The Bertz CT molecular complexity index is 197. The Kier molecular flexibility index (Phi) is 4.20. The molecular weight excluding hydrogens is 180 g/mol. The van der Waals surface area contributed by atoms with Gasteiger partial charge in [-0.05, 0) is 25.2 Å². The van der Waals surface area contributed by atoms with Crippen LogP contribution in [-0.2, 0) is 4.74 Å². The van der Waals surface area contributed by atoms with Crippen molar-refractivity contribution in [2.24, 2.45) is 11.8 Å². The molecule has 82 valence electrons. The third kappa shape index (κ3) is 3.18. The molecule has 2 unspecified atom stereocenters. The van der Waals surface area contributed by atoms with Crippen molar-refractivity contribution in [3.8, 4) is 0 Å². The molecule has 1 heterocycles. The van der Waals surface area contributed by atoms with E-state index < -0.39 is 0 Å². The van der Waals surface area contributed by atoms with Crippen molar-refractivity contribution in [1.82, 2.24) is 10.4 Å². The van der Waals surface area contributed by atoms with Gasteiger partial charge in [-0.2, -0.15) is 0 Å². The molecule has 4 nitrogen and oxygen atoms in total. The lowest BCUT2D eigenvalue weighted by molar-refractivity contribution is 0.0687. The van der Waals surface area contributed by atoms with Crippen LogP contribution in [0.2, 0.25) is 0 Å². The smallest absolute Gasteiger partial charge is 0.421 e. The molecule has 1 aliphatic heterocycles. The Morgan fingerprint density at radius 3 is 2.79 bits per heavy atom. The number of hydrogen-bond acceptors (Lipinski definition) is 3. The molecule has 2 atom stereocenters. The Balaban J connectivity index is 2.29. The molecule has 4 heteroatoms. The lowest BCUT2D eigenvalue weighted by Crippen LogP contribution is -2.49. The fourth-order valence-electron chi connectivity index (χ4n) is 1.66. The molecule has 0 saturated carbocycles. The van der Waals surface area contributed by atoms with Gasteiger partial charge >= 0.3 is 6.09 Å². The van der Waals surface area contributed by atoms with Gasteiger partial charge in [0.05, 0.1) is 6.61 Å². The normalized spacial score (nSPS) is 28.5. The highest BCUT2D eigenvalue weighted by molar-refractivity contribution is 5.66. The van der Waals surface area contributed by atoms with E-state index >= 15 is 0 Å². The summed E-state index contributed by atoms with van der Waals surface area (Å²) in [5.41, 5.74) is 2.74. The van der Waals surface area contributed by atoms with Crippen molar-refractivity contribution in [2.75, 3.05) is 19.7 Å². The van der Waals surface area contributed by atoms with Crippen molar-refractivity contribution in [1.29, 1.82) is 0 Å². The average molecular weight is 200 g/mol. The molecule has 0 aliphatic carbocycles. The van der Waals surface area contributed by atoms with Crippen LogP contribution in [0.3, 0.4) is 0 Å². The molecule has 1 saturated heterocycles. The van der Waals surface area contributed by atoms with Gasteiger partial charge in [-0.1, -0.05) is 13.8 Å². The Morgan fingerprint density at radius 2 is 2.21 bits per heavy atom. The summed E-state index contributed by atoms with van der Waals surface area (Å²) in [7, 11) is 0. The Morgan fingerprint density at radius 1 is 1.50 bits per heavy atom. The second-order valence-electron chi connectivity index (χ2n) is 4.02. The zero-order valence-corrected chi connectivity index (χ0v) is 9.25. The number of nitrogens with zero attached hydrogens (tertiary/aromatic N) is 1. The van der Waals surface area contributed by atoms with Crippen molar-refractivity contribution in [3.63, 3.8) is 0 Å². The van der Waals surface area contributed by atoms with E-state index in [9.17, 15) is 4.79 Å². The molecule has 1 amide bonds. The second-order valence-corrected chi connectivity index (χ2v) is 4.02. The molecule has 0 aromatic carbocycles. The van der Waals surface area contributed by atoms with Crippen LogP contribution in [0.4, 0.5) is 4.79 Å². The lowest BCUT2D eigenvalue weighted by atomic mass is 9.89. The summed E-state index contributed by atoms with van der Waals surface area (Å²) in [5, 5.41) is 1.95. The van der Waals surface area contributed by atoms with Crippen LogP contribution in [0.25, 0.3) is 0 Å². The Labute approximate surface area is 85.6 Å². The standard InChI is InChI=1S/C10H20N2O2/c1-4-14-10(13)11-12-6-5-8(2)9(3)7-12/h8-9H,4-7H2,1-3H3,(H,11,13). The summed E-state index contributed by atoms with van der Waals surface area (Å²) in [4.78, 5) is 11.1. The predicted octanol–water partition coefficient (Wildman–Crippen LogP) is 1.63. The number of amides is 1. The molecular formula is C10H20N2O2. The van der Waals surface area contributed by atoms with Crippen LogP contribution < -0.4 is 5.43 Å². The molecule has 1 N–H and O–H groups in total. The first-order chi connectivity index (χ1) is 6.63. The number of piperidine rings is 1. The van der Waals surface area contributed by atoms with Crippen LogP contribution >= 0.6 is 0 Å². The minimum atomic E-state index is -0.339. The van der Waals surface area contributed by atoms with E-state index in [0.717, 1.165) is 25.4 Å². The van der Waals surface area contributed by atoms with E-state index in [0.29, 0.717) is 12.5 Å². The van der Waals surface area contributed by atoms with Crippen molar-refractivity contribution in [3.05, 3.63) is 0 Å². The highest BCUT2D eigenvalue weighted by Crippen LogP contribution is 2.20. The molecule has 0 bridgehead atoms. The van der Waals surface area contributed by atoms with Gasteiger partial charge in [0.25, 0.3) is 0 Å². The van der Waals surface area contributed by atoms with Crippen LogP contribution in [-0.4, -0.2) is 30.8 Å². The molecule has 0 spiro atoms. The van der Waals surface area contributed by atoms with Gasteiger partial charge < -0.3 is 4.74 Å². The van der Waals surface area contributed by atoms with Gasteiger partial charge in [-0.3, -0.25) is 5.43 Å². The summed E-state index contributed by atoms with van der Waals surface area (Å²) in [6.07, 6.45) is 0.794. The topological polar surface area (TPSA) is 41.6 Å². The maximum absolute atomic E-state index is 11.1. The first-order valence-electron chi connectivity index (χ1n) is 5.31. The van der Waals surface area contributed by atoms with Crippen LogP contribution in [0.5, 0.6) is 0 Å². The van der Waals surface area contributed by atoms with Crippen LogP contribution in [0, 0.1) is 11.8 Å². The quantitative estimate of drug-likeness (QED) is 0.736. The first kappa shape index (κ1) is 11.3. The first-order valence-corrected chi connectivity index (χ1v) is 5.31. The van der Waals surface area contributed by atoms with E-state index in [4.69, 9.17) is 4.74 Å². The summed E-state index contributed by atoms with van der Waals surface area (Å²) in [6.45, 7) is 8.53. The number of hydrogen-bond donors (Lipinski definition) is 1. The SMILES string of the molecule is CCOC(=O)NN1CCC(C)C(C)C1. The molecule has 1 fully saturated rings. The number of rotatable bonds is 2. The monoisotopic (exact) mass is 200 g/mol. The molecule has 14 heavy (non-hydrogen) atoms. The number of ether oxygens (including phenoxy) is 1. The van der Waals surface area contributed by atoms with E-state index in [1.54, 1.807) is 6.92 Å². The third-order valence-electron chi connectivity index (χ3n) is 2.86. The fourth-order valence-corrected chi connectivity index (χ4v) is 1.66. The van der Waals surface area contributed by atoms with Gasteiger partial charge in [0.15, 0.2) is 0 Å². The van der Waals surface area contributed by atoms with Crippen molar-refractivity contribution < 1.29 is 9.53 Å². The van der Waals surface area contributed by atoms with Crippen molar-refractivity contribution in [2.45, 2.75) is 27.2 Å². The molecule has 0 radical (unpaired) electrons. The number of nitrogens with one attached hydrogen (secondary N) is 1. The van der Waals surface area contributed by atoms with E-state index in [-0.39, 0.29) is 6.09 Å². The maximum atomic E-state index is 11.1. The third-order valence-corrected chi connectivity index (χ3v) is 2.86. The zero-order valence-electron chi connectivity index (χ0n) is 9.25. The maximum Gasteiger partial charge on any atom is 0.421 e. The Hall–Kier alpha value is -0.770. The minimum Gasteiger partial charge on any atom is -0.449 e. The predicted molar refractivity (Wildman–Crippen MR) is 54.7 cm³/mol. The highest BCUT2D eigenvalue weighted by Gasteiger charge is 2.23. The zero-order chi connectivity index (χ0) is 10.6. The van der Waals surface area contributed by atoms with Gasteiger partial charge in [0.1, 0.15) is 0 Å². The average Bonchev–Trinajstić information content (AvgIpc) is 2.12. The van der Waals surface area contributed by atoms with Gasteiger partial charge in [-0.25, -0.2) is 9.80 Å². The van der Waals surface area contributed by atoms with Crippen LogP contribution in [0.1, 0.15) is 27.2 Å². The number of hydrazine groups is 1. The number of carbonyl (C=O) groups is 1. The fraction of sp³-hybridized carbons (Fsp3) is 0.900. The second kappa shape index (κ2) is 5.20. The summed E-state index contributed by atoms with van der Waals surface area (Å²) >= 11 is 0. The lowest BCUT2D eigenvalue weighted by Gasteiger charge is -2.34. The summed E-state index contributed by atoms with van der Waals surface area (Å²) < 4.78 is 4.81. The summed E-state index contributed by atoms with van der Waals surface area (Å²) in [5.74, 6) is 1.38. The molecule has 1 aliphatic rings. The minimum absolute atomic E-state index is 0.339. The van der Waals surface area contributed by atoms with Crippen LogP contribution in [0.15, 0.2) is 0 Å². The van der Waals surface area contributed by atoms with Crippen molar-refractivity contribution >= 4 is 6.09 Å². The van der Waals surface area contributed by atoms with Gasteiger partial charge in [0.2, 0.25) is 0 Å². The molecule has 1 rings (SSSR count). The van der Waals surface area contributed by atoms with E-state index in [1.807, 2.05) is 5.01 Å². The summed E-state index contributed by atoms with van der Waals surface area (Å²) in [6, 6.07) is 0. The molecule has 0 aromatic rings. The molecule has 0 aromatic heterocycles. The number of carbonyl (C=O) groups excluding carboxylic acids is 1. The largest absolute Gasteiger partial charge is 0.449 e. The van der Waals surface area contributed by atoms with E-state index in [2.05, 4.69) is 19.3 Å². The van der Waals surface area contributed by atoms with Gasteiger partial charge in [-0.15, -0.1) is 0 Å². The van der Waals surface area contributed by atoms with E-state index in [1.165, 1.54) is 0 Å². The highest BCUT2D eigenvalue weighted by atomic mass is 16.6. The van der Waals surface area contributed by atoms with Gasteiger partial charge in [0, 0.05) is 13.1 Å².